The fraction of sp³-hybridized carbons (Fsp3) is 0.364. The van der Waals surface area contributed by atoms with Crippen molar-refractivity contribution in [2.45, 2.75) is 43.8 Å². The van der Waals surface area contributed by atoms with Gasteiger partial charge in [-0.15, -0.1) is 13.2 Å². The molecule has 2 aromatic rings. The molecule has 2 heterocycles. The molecule has 0 atom stereocenters. The van der Waals surface area contributed by atoms with E-state index in [4.69, 9.17) is 0 Å². The van der Waals surface area contributed by atoms with Crippen molar-refractivity contribution in [2.24, 2.45) is 0 Å². The van der Waals surface area contributed by atoms with Gasteiger partial charge >= 0.3 is 17.1 Å². The van der Waals surface area contributed by atoms with Crippen LogP contribution in [0.2, 0.25) is 0 Å². The second-order valence-electron chi connectivity index (χ2n) is 7.77. The summed E-state index contributed by atoms with van der Waals surface area (Å²) in [7, 11) is -3.61. The Morgan fingerprint density at radius 3 is 1.85 bits per heavy atom. The van der Waals surface area contributed by atoms with Gasteiger partial charge in [0.15, 0.2) is 0 Å². The molecule has 0 radical (unpaired) electrons. The highest BCUT2D eigenvalue weighted by molar-refractivity contribution is 7.89. The van der Waals surface area contributed by atoms with E-state index in [2.05, 4.69) is 18.5 Å². The number of rotatable bonds is 9. The molecule has 1 aliphatic rings. The summed E-state index contributed by atoms with van der Waals surface area (Å²) in [6.07, 6.45) is 5.30. The lowest BCUT2D eigenvalue weighted by Gasteiger charge is -2.25. The minimum Gasteiger partial charge on any atom is -0.325 e. The average molecular weight is 490 g/mol. The first-order valence-electron chi connectivity index (χ1n) is 10.8. The zero-order valence-corrected chi connectivity index (χ0v) is 19.5. The number of carbonyl (C=O) groups is 1. The lowest BCUT2D eigenvalue weighted by Crippen LogP contribution is -2.55. The molecule has 0 bridgehead atoms. The van der Waals surface area contributed by atoms with Crippen LogP contribution >= 0.6 is 0 Å². The SMILES string of the molecule is C=CCn1c(=O)n(CC=C)c(=O)n(CC(=O)Nc2ccc(S(=O)(=O)N3CCCCC3)cc2)c1=O. The van der Waals surface area contributed by atoms with Crippen molar-refractivity contribution in [1.82, 2.24) is 18.0 Å². The maximum Gasteiger partial charge on any atom is 0.337 e. The molecule has 3 rings (SSSR count). The molecule has 12 heteroatoms. The molecule has 1 N–H and O–H groups in total. The average Bonchev–Trinajstić information content (AvgIpc) is 2.83. The molecule has 0 spiro atoms. The molecule has 182 valence electrons. The molecule has 34 heavy (non-hydrogen) atoms. The van der Waals surface area contributed by atoms with E-state index in [1.54, 1.807) is 0 Å². The summed E-state index contributed by atoms with van der Waals surface area (Å²) in [5, 5.41) is 2.54. The quantitative estimate of drug-likeness (QED) is 0.506. The first-order chi connectivity index (χ1) is 16.2. The Hall–Kier alpha value is -3.51. The van der Waals surface area contributed by atoms with Crippen molar-refractivity contribution in [2.75, 3.05) is 18.4 Å². The fourth-order valence-corrected chi connectivity index (χ4v) is 5.21. The molecule has 1 amide bonds. The molecule has 1 aromatic carbocycles. The van der Waals surface area contributed by atoms with Crippen LogP contribution in [0.15, 0.2) is 68.9 Å². The molecule has 1 aliphatic heterocycles. The number of nitrogens with zero attached hydrogens (tertiary/aromatic N) is 4. The summed E-state index contributed by atoms with van der Waals surface area (Å²) in [4.78, 5) is 50.4. The first kappa shape index (κ1) is 25.1. The van der Waals surface area contributed by atoms with E-state index < -0.39 is 39.5 Å². The third kappa shape index (κ3) is 5.18. The van der Waals surface area contributed by atoms with Crippen LogP contribution in [-0.4, -0.2) is 45.4 Å². The summed E-state index contributed by atoms with van der Waals surface area (Å²) in [6.45, 7) is 7.04. The lowest BCUT2D eigenvalue weighted by atomic mass is 10.2. The Bertz CT molecular complexity index is 1310. The predicted octanol–water partition coefficient (Wildman–Crippen LogP) is 0.357. The number of nitrogens with one attached hydrogen (secondary N) is 1. The topological polar surface area (TPSA) is 132 Å². The third-order valence-corrected chi connectivity index (χ3v) is 7.31. The molecule has 0 unspecified atom stereocenters. The van der Waals surface area contributed by atoms with Gasteiger partial charge in [-0.1, -0.05) is 18.6 Å². The Morgan fingerprint density at radius 2 is 1.35 bits per heavy atom. The summed E-state index contributed by atoms with van der Waals surface area (Å²) in [6, 6.07) is 5.67. The molecule has 1 saturated heterocycles. The first-order valence-corrected chi connectivity index (χ1v) is 12.2. The Kier molecular flexibility index (Phi) is 7.84. The van der Waals surface area contributed by atoms with E-state index in [0.29, 0.717) is 23.3 Å². The standard InChI is InChI=1S/C22H27N5O6S/c1-3-12-25-20(29)26(13-4-2)22(31)27(21(25)30)16-19(28)23-17-8-10-18(11-9-17)34(32,33)24-14-6-5-7-15-24/h3-4,8-11H,1-2,5-7,12-16H2,(H,23,28). The van der Waals surface area contributed by atoms with Gasteiger partial charge in [-0.25, -0.2) is 36.5 Å². The molecule has 11 nitrogen and oxygen atoms in total. The van der Waals surface area contributed by atoms with Crippen LogP contribution < -0.4 is 22.4 Å². The monoisotopic (exact) mass is 489 g/mol. The highest BCUT2D eigenvalue weighted by Crippen LogP contribution is 2.21. The number of carbonyl (C=O) groups excluding carboxylic acids is 1. The van der Waals surface area contributed by atoms with E-state index >= 15 is 0 Å². The van der Waals surface area contributed by atoms with Crippen LogP contribution in [0.4, 0.5) is 5.69 Å². The van der Waals surface area contributed by atoms with Crippen LogP contribution in [0.25, 0.3) is 0 Å². The third-order valence-electron chi connectivity index (χ3n) is 5.40. The normalized spacial score (nSPS) is 14.5. The number of benzene rings is 1. The molecular weight excluding hydrogens is 462 g/mol. The number of aromatic nitrogens is 3. The second-order valence-corrected chi connectivity index (χ2v) is 9.71. The van der Waals surface area contributed by atoms with Crippen molar-refractivity contribution in [3.8, 4) is 0 Å². The van der Waals surface area contributed by atoms with Gasteiger partial charge in [-0.2, -0.15) is 4.31 Å². The van der Waals surface area contributed by atoms with Crippen LogP contribution in [-0.2, 0) is 34.5 Å². The van der Waals surface area contributed by atoms with E-state index in [1.807, 2.05) is 0 Å². The predicted molar refractivity (Wildman–Crippen MR) is 127 cm³/mol. The minimum absolute atomic E-state index is 0.118. The zero-order valence-electron chi connectivity index (χ0n) is 18.7. The van der Waals surface area contributed by atoms with Crippen molar-refractivity contribution >= 4 is 21.6 Å². The minimum atomic E-state index is -3.61. The van der Waals surface area contributed by atoms with E-state index in [0.717, 1.165) is 28.4 Å². The summed E-state index contributed by atoms with van der Waals surface area (Å²) in [5.41, 5.74) is -2.40. The van der Waals surface area contributed by atoms with Crippen LogP contribution in [0.3, 0.4) is 0 Å². The van der Waals surface area contributed by atoms with Crippen LogP contribution in [0, 0.1) is 0 Å². The highest BCUT2D eigenvalue weighted by atomic mass is 32.2. The number of piperidine rings is 1. The highest BCUT2D eigenvalue weighted by Gasteiger charge is 2.25. The van der Waals surface area contributed by atoms with E-state index in [9.17, 15) is 27.6 Å². The Balaban J connectivity index is 1.81. The van der Waals surface area contributed by atoms with Gasteiger partial charge in [0, 0.05) is 18.8 Å². The van der Waals surface area contributed by atoms with Crippen molar-refractivity contribution in [3.05, 3.63) is 81.0 Å². The molecule has 0 saturated carbocycles. The van der Waals surface area contributed by atoms with E-state index in [-0.39, 0.29) is 18.0 Å². The van der Waals surface area contributed by atoms with Gasteiger partial charge in [-0.3, -0.25) is 4.79 Å². The lowest BCUT2D eigenvalue weighted by molar-refractivity contribution is -0.116. The van der Waals surface area contributed by atoms with Gasteiger partial charge < -0.3 is 5.32 Å². The second kappa shape index (κ2) is 10.6. The van der Waals surface area contributed by atoms with E-state index in [1.165, 1.54) is 40.7 Å². The molecular formula is C22H27N5O6S. The van der Waals surface area contributed by atoms with Gasteiger partial charge in [-0.05, 0) is 37.1 Å². The number of sulfonamides is 1. The maximum absolute atomic E-state index is 12.8. The molecule has 0 aliphatic carbocycles. The summed E-state index contributed by atoms with van der Waals surface area (Å²) >= 11 is 0. The number of hydrogen-bond donors (Lipinski definition) is 1. The van der Waals surface area contributed by atoms with Crippen molar-refractivity contribution in [3.63, 3.8) is 0 Å². The fourth-order valence-electron chi connectivity index (χ4n) is 3.70. The summed E-state index contributed by atoms with van der Waals surface area (Å²) < 4.78 is 29.2. The summed E-state index contributed by atoms with van der Waals surface area (Å²) in [5.74, 6) is -0.695. The zero-order chi connectivity index (χ0) is 24.9. The molecule has 1 fully saturated rings. The van der Waals surface area contributed by atoms with Gasteiger partial charge in [0.25, 0.3) is 0 Å². The van der Waals surface area contributed by atoms with Crippen LogP contribution in [0.1, 0.15) is 19.3 Å². The van der Waals surface area contributed by atoms with Crippen molar-refractivity contribution < 1.29 is 13.2 Å². The van der Waals surface area contributed by atoms with Crippen LogP contribution in [0.5, 0.6) is 0 Å². The van der Waals surface area contributed by atoms with Crippen molar-refractivity contribution in [1.29, 1.82) is 0 Å². The number of amides is 1. The van der Waals surface area contributed by atoms with Gasteiger partial charge in [0.2, 0.25) is 15.9 Å². The molecule has 1 aromatic heterocycles. The van der Waals surface area contributed by atoms with Gasteiger partial charge in [0.05, 0.1) is 18.0 Å². The number of allylic oxidation sites excluding steroid dienone is 2. The maximum atomic E-state index is 12.8. The largest absolute Gasteiger partial charge is 0.337 e. The number of hydrogen-bond acceptors (Lipinski definition) is 6. The number of anilines is 1. The smallest absolute Gasteiger partial charge is 0.325 e. The Morgan fingerprint density at radius 1 is 0.853 bits per heavy atom. The Labute approximate surface area is 196 Å². The van der Waals surface area contributed by atoms with Gasteiger partial charge in [0.1, 0.15) is 6.54 Å².